The lowest BCUT2D eigenvalue weighted by molar-refractivity contribution is -0.140. The third-order valence-electron chi connectivity index (χ3n) is 4.77. The van der Waals surface area contributed by atoms with E-state index in [0.717, 1.165) is 17.5 Å². The maximum atomic E-state index is 12.8. The molecule has 7 nitrogen and oxygen atoms in total. The van der Waals surface area contributed by atoms with E-state index < -0.39 is 0 Å². The Labute approximate surface area is 158 Å². The molecule has 1 aromatic heterocycles. The van der Waals surface area contributed by atoms with E-state index in [1.165, 1.54) is 11.8 Å². The zero-order valence-corrected chi connectivity index (χ0v) is 15.9. The maximum Gasteiger partial charge on any atom is 0.242 e. The molecule has 1 aliphatic heterocycles. The SMILES string of the molecule is COc1cc2c(cc1OC)CN(C(=O)CN(Cc1ccco1)C(C)=O)CC2. The molecule has 2 heterocycles. The van der Waals surface area contributed by atoms with Crippen molar-refractivity contribution in [1.29, 1.82) is 0 Å². The zero-order chi connectivity index (χ0) is 19.4. The topological polar surface area (TPSA) is 72.2 Å². The van der Waals surface area contributed by atoms with Gasteiger partial charge in [0.2, 0.25) is 11.8 Å². The second kappa shape index (κ2) is 8.16. The van der Waals surface area contributed by atoms with Crippen molar-refractivity contribution in [2.24, 2.45) is 0 Å². The molecule has 0 fully saturated rings. The van der Waals surface area contributed by atoms with Gasteiger partial charge in [-0.05, 0) is 41.8 Å². The Bertz CT molecular complexity index is 816. The van der Waals surface area contributed by atoms with Gasteiger partial charge in [0.05, 0.1) is 27.0 Å². The van der Waals surface area contributed by atoms with Crippen molar-refractivity contribution in [1.82, 2.24) is 9.80 Å². The number of amides is 2. The maximum absolute atomic E-state index is 12.8. The number of ether oxygens (including phenoxy) is 2. The summed E-state index contributed by atoms with van der Waals surface area (Å²) in [6.45, 7) is 2.86. The number of carbonyl (C=O) groups excluding carboxylic acids is 2. The van der Waals surface area contributed by atoms with Crippen molar-refractivity contribution in [2.45, 2.75) is 26.4 Å². The summed E-state index contributed by atoms with van der Waals surface area (Å²) >= 11 is 0. The van der Waals surface area contributed by atoms with Crippen LogP contribution in [-0.4, -0.2) is 48.9 Å². The van der Waals surface area contributed by atoms with Gasteiger partial charge in [0.25, 0.3) is 0 Å². The highest BCUT2D eigenvalue weighted by atomic mass is 16.5. The average molecular weight is 372 g/mol. The molecule has 0 unspecified atom stereocenters. The third-order valence-corrected chi connectivity index (χ3v) is 4.77. The van der Waals surface area contributed by atoms with E-state index in [1.54, 1.807) is 37.5 Å². The molecular weight excluding hydrogens is 348 g/mol. The van der Waals surface area contributed by atoms with E-state index in [-0.39, 0.29) is 24.9 Å². The van der Waals surface area contributed by atoms with Crippen molar-refractivity contribution in [2.75, 3.05) is 27.3 Å². The lowest BCUT2D eigenvalue weighted by Crippen LogP contribution is -2.43. The van der Waals surface area contributed by atoms with Gasteiger partial charge >= 0.3 is 0 Å². The normalized spacial score (nSPS) is 13.1. The van der Waals surface area contributed by atoms with Crippen LogP contribution in [0.25, 0.3) is 0 Å². The number of fused-ring (bicyclic) bond motifs is 1. The predicted octanol–water partition coefficient (Wildman–Crippen LogP) is 2.23. The van der Waals surface area contributed by atoms with Gasteiger partial charge in [-0.2, -0.15) is 0 Å². The summed E-state index contributed by atoms with van der Waals surface area (Å²) < 4.78 is 16.0. The highest BCUT2D eigenvalue weighted by Gasteiger charge is 2.25. The fraction of sp³-hybridized carbons (Fsp3) is 0.400. The second-order valence-corrected chi connectivity index (χ2v) is 6.50. The van der Waals surface area contributed by atoms with Crippen LogP contribution in [0, 0.1) is 0 Å². The third kappa shape index (κ3) is 4.24. The Morgan fingerprint density at radius 1 is 1.19 bits per heavy atom. The van der Waals surface area contributed by atoms with Crippen LogP contribution in [0.3, 0.4) is 0 Å². The Morgan fingerprint density at radius 2 is 1.89 bits per heavy atom. The average Bonchev–Trinajstić information content (AvgIpc) is 3.18. The molecule has 1 aliphatic rings. The van der Waals surface area contributed by atoms with E-state index in [0.29, 0.717) is 30.3 Å². The van der Waals surface area contributed by atoms with Gasteiger partial charge < -0.3 is 23.7 Å². The van der Waals surface area contributed by atoms with Gasteiger partial charge in [-0.3, -0.25) is 9.59 Å². The molecule has 3 rings (SSSR count). The number of nitrogens with zero attached hydrogens (tertiary/aromatic N) is 2. The Kier molecular flexibility index (Phi) is 5.69. The summed E-state index contributed by atoms with van der Waals surface area (Å²) in [4.78, 5) is 28.0. The van der Waals surface area contributed by atoms with Crippen LogP contribution >= 0.6 is 0 Å². The minimum absolute atomic E-state index is 0.0264. The van der Waals surface area contributed by atoms with Gasteiger partial charge in [-0.15, -0.1) is 0 Å². The molecule has 0 spiro atoms. The molecule has 7 heteroatoms. The van der Waals surface area contributed by atoms with Crippen LogP contribution in [0.1, 0.15) is 23.8 Å². The first-order chi connectivity index (χ1) is 13.0. The molecule has 0 N–H and O–H groups in total. The summed E-state index contributed by atoms with van der Waals surface area (Å²) in [6, 6.07) is 7.43. The van der Waals surface area contributed by atoms with Gasteiger partial charge in [0.1, 0.15) is 12.3 Å². The van der Waals surface area contributed by atoms with E-state index in [4.69, 9.17) is 13.9 Å². The quantitative estimate of drug-likeness (QED) is 0.778. The van der Waals surface area contributed by atoms with Crippen molar-refractivity contribution in [3.63, 3.8) is 0 Å². The highest BCUT2D eigenvalue weighted by molar-refractivity contribution is 5.84. The van der Waals surface area contributed by atoms with Crippen LogP contribution in [0.5, 0.6) is 11.5 Å². The molecule has 0 saturated carbocycles. The Hall–Kier alpha value is -2.96. The molecule has 0 saturated heterocycles. The van der Waals surface area contributed by atoms with E-state index in [1.807, 2.05) is 12.1 Å². The number of furan rings is 1. The number of hydrogen-bond acceptors (Lipinski definition) is 5. The number of carbonyl (C=O) groups is 2. The Morgan fingerprint density at radius 3 is 2.48 bits per heavy atom. The van der Waals surface area contributed by atoms with Crippen LogP contribution in [0.15, 0.2) is 34.9 Å². The molecule has 27 heavy (non-hydrogen) atoms. The number of rotatable bonds is 6. The van der Waals surface area contributed by atoms with Gasteiger partial charge in [-0.25, -0.2) is 0 Å². The number of hydrogen-bond donors (Lipinski definition) is 0. The van der Waals surface area contributed by atoms with Crippen LogP contribution < -0.4 is 9.47 Å². The minimum Gasteiger partial charge on any atom is -0.493 e. The molecule has 0 aliphatic carbocycles. The summed E-state index contributed by atoms with van der Waals surface area (Å²) in [5.41, 5.74) is 2.18. The smallest absolute Gasteiger partial charge is 0.242 e. The minimum atomic E-state index is -0.163. The summed E-state index contributed by atoms with van der Waals surface area (Å²) in [7, 11) is 3.20. The zero-order valence-electron chi connectivity index (χ0n) is 15.9. The first-order valence-corrected chi connectivity index (χ1v) is 8.81. The monoisotopic (exact) mass is 372 g/mol. The second-order valence-electron chi connectivity index (χ2n) is 6.50. The molecule has 0 atom stereocenters. The van der Waals surface area contributed by atoms with Crippen molar-refractivity contribution in [3.05, 3.63) is 47.4 Å². The molecule has 1 aromatic carbocycles. The van der Waals surface area contributed by atoms with Gasteiger partial charge in [-0.1, -0.05) is 0 Å². The predicted molar refractivity (Wildman–Crippen MR) is 98.5 cm³/mol. The van der Waals surface area contributed by atoms with E-state index in [2.05, 4.69) is 0 Å². The first kappa shape index (κ1) is 18.8. The summed E-state index contributed by atoms with van der Waals surface area (Å²) in [6.07, 6.45) is 2.29. The molecule has 0 radical (unpaired) electrons. The summed E-state index contributed by atoms with van der Waals surface area (Å²) in [5, 5.41) is 0. The lowest BCUT2D eigenvalue weighted by atomic mass is 9.98. The fourth-order valence-corrected chi connectivity index (χ4v) is 3.23. The van der Waals surface area contributed by atoms with Crippen molar-refractivity contribution >= 4 is 11.8 Å². The number of benzene rings is 1. The van der Waals surface area contributed by atoms with E-state index in [9.17, 15) is 9.59 Å². The molecule has 0 bridgehead atoms. The summed E-state index contributed by atoms with van der Waals surface area (Å²) in [5.74, 6) is 1.74. The highest BCUT2D eigenvalue weighted by Crippen LogP contribution is 2.33. The first-order valence-electron chi connectivity index (χ1n) is 8.81. The largest absolute Gasteiger partial charge is 0.493 e. The molecule has 2 amide bonds. The van der Waals surface area contributed by atoms with Crippen LogP contribution in [0.2, 0.25) is 0 Å². The van der Waals surface area contributed by atoms with Gasteiger partial charge in [0, 0.05) is 20.0 Å². The molecular formula is C20H24N2O5. The molecule has 144 valence electrons. The van der Waals surface area contributed by atoms with Crippen molar-refractivity contribution in [3.8, 4) is 11.5 Å². The van der Waals surface area contributed by atoms with Crippen molar-refractivity contribution < 1.29 is 23.5 Å². The Balaban J connectivity index is 1.70. The standard InChI is InChI=1S/C20H24N2O5/c1-14(23)22(12-17-5-4-8-27-17)13-20(24)21-7-6-15-9-18(25-2)19(26-3)10-16(15)11-21/h4-5,8-10H,6-7,11-13H2,1-3H3. The lowest BCUT2D eigenvalue weighted by Gasteiger charge is -2.31. The van der Waals surface area contributed by atoms with Crippen LogP contribution in [0.4, 0.5) is 0 Å². The van der Waals surface area contributed by atoms with Gasteiger partial charge in [0.15, 0.2) is 11.5 Å². The fourth-order valence-electron chi connectivity index (χ4n) is 3.23. The van der Waals surface area contributed by atoms with Crippen LogP contribution in [-0.2, 0) is 29.1 Å². The molecule has 2 aromatic rings. The number of methoxy groups -OCH3 is 2. The van der Waals surface area contributed by atoms with E-state index >= 15 is 0 Å².